The number of rotatable bonds is 4. The van der Waals surface area contributed by atoms with Gasteiger partial charge in [-0.05, 0) is 57.4 Å². The van der Waals surface area contributed by atoms with Gasteiger partial charge >= 0.3 is 0 Å². The highest BCUT2D eigenvalue weighted by atomic mass is 16.2. The van der Waals surface area contributed by atoms with E-state index in [1.165, 1.54) is 19.3 Å². The number of hydrogen-bond acceptors (Lipinski definition) is 5. The molecule has 1 saturated heterocycles. The number of carbonyl (C=O) groups is 1. The lowest BCUT2D eigenvalue weighted by Gasteiger charge is -2.48. The summed E-state index contributed by atoms with van der Waals surface area (Å²) in [5, 5.41) is 4.77. The number of aromatic nitrogens is 3. The fourth-order valence-corrected chi connectivity index (χ4v) is 5.73. The van der Waals surface area contributed by atoms with Gasteiger partial charge in [-0.2, -0.15) is 5.10 Å². The molecule has 7 heteroatoms. The first-order chi connectivity index (χ1) is 17.5. The summed E-state index contributed by atoms with van der Waals surface area (Å²) in [6, 6.07) is 3.32. The Kier molecular flexibility index (Phi) is 5.88. The average Bonchev–Trinajstić information content (AvgIpc) is 3.25. The Balaban J connectivity index is 1.26. The zero-order chi connectivity index (χ0) is 24.8. The van der Waals surface area contributed by atoms with Gasteiger partial charge in [0.15, 0.2) is 0 Å². The summed E-state index contributed by atoms with van der Waals surface area (Å²) in [4.78, 5) is 25.0. The van der Waals surface area contributed by atoms with E-state index in [2.05, 4.69) is 34.7 Å². The standard InChI is InChI=1S/C29H34N6O/c1-4-26-28-16-27(31-35(28)17-20(2)30-26)22-7-5-8-24-11-12-25(19-34(24)29(36)15-22)32-13-14-33(21(3)18-32)23-9-6-10-23/h5,7-8,11-12,15-17,19,21,23H,4,6,9-10,13-14,18H2,1-3H3/b7-5+,22-15+,24-8+/t21-/m1/s1. The molecule has 0 radical (unpaired) electrons. The van der Waals surface area contributed by atoms with Crippen LogP contribution in [0.1, 0.15) is 50.2 Å². The highest BCUT2D eigenvalue weighted by molar-refractivity contribution is 5.99. The van der Waals surface area contributed by atoms with Crippen molar-refractivity contribution in [1.29, 1.82) is 0 Å². The molecule has 0 N–H and O–H groups in total. The number of aryl methyl sites for hydroxylation is 2. The zero-order valence-corrected chi connectivity index (χ0v) is 21.4. The zero-order valence-electron chi connectivity index (χ0n) is 21.4. The molecule has 1 atom stereocenters. The van der Waals surface area contributed by atoms with Crippen molar-refractivity contribution in [2.75, 3.05) is 19.6 Å². The smallest absolute Gasteiger partial charge is 0.255 e. The minimum Gasteiger partial charge on any atom is -0.367 e. The van der Waals surface area contributed by atoms with Crippen LogP contribution >= 0.6 is 0 Å². The normalized spacial score (nSPS) is 26.9. The third-order valence-electron chi connectivity index (χ3n) is 7.89. The van der Waals surface area contributed by atoms with Crippen molar-refractivity contribution in [2.24, 2.45) is 0 Å². The van der Waals surface area contributed by atoms with Crippen molar-refractivity contribution < 1.29 is 4.79 Å². The van der Waals surface area contributed by atoms with E-state index < -0.39 is 0 Å². The Morgan fingerprint density at radius 2 is 1.94 bits per heavy atom. The van der Waals surface area contributed by atoms with Crippen LogP contribution in [0, 0.1) is 6.92 Å². The van der Waals surface area contributed by atoms with Crippen molar-refractivity contribution in [2.45, 2.75) is 58.5 Å². The quantitative estimate of drug-likeness (QED) is 0.653. The molecule has 5 heterocycles. The first kappa shape index (κ1) is 23.0. The molecule has 1 saturated carbocycles. The fraction of sp³-hybridized carbons (Fsp3) is 0.414. The second-order valence-electron chi connectivity index (χ2n) is 10.3. The summed E-state index contributed by atoms with van der Waals surface area (Å²) in [5.41, 5.74) is 6.47. The molecule has 0 unspecified atom stereocenters. The minimum atomic E-state index is -0.0642. The van der Waals surface area contributed by atoms with Gasteiger partial charge in [-0.15, -0.1) is 0 Å². The third kappa shape index (κ3) is 4.11. The van der Waals surface area contributed by atoms with Crippen LogP contribution in [0.3, 0.4) is 0 Å². The van der Waals surface area contributed by atoms with Crippen LogP contribution in [0.5, 0.6) is 0 Å². The van der Waals surface area contributed by atoms with E-state index >= 15 is 0 Å². The maximum absolute atomic E-state index is 13.5. The van der Waals surface area contributed by atoms with Gasteiger partial charge in [0, 0.05) is 55.3 Å². The molecule has 2 aromatic heterocycles. The molecular weight excluding hydrogens is 448 g/mol. The van der Waals surface area contributed by atoms with Crippen molar-refractivity contribution in [1.82, 2.24) is 29.3 Å². The number of carbonyl (C=O) groups excluding carboxylic acids is 1. The number of nitrogens with zero attached hydrogens (tertiary/aromatic N) is 6. The number of hydrogen-bond donors (Lipinski definition) is 0. The van der Waals surface area contributed by atoms with Crippen LogP contribution < -0.4 is 0 Å². The predicted octanol–water partition coefficient (Wildman–Crippen LogP) is 4.24. The van der Waals surface area contributed by atoms with Crippen LogP contribution in [0.2, 0.25) is 0 Å². The molecule has 186 valence electrons. The average molecular weight is 483 g/mol. The second kappa shape index (κ2) is 9.21. The molecule has 0 aromatic carbocycles. The van der Waals surface area contributed by atoms with Crippen LogP contribution in [0.4, 0.5) is 0 Å². The molecule has 3 aliphatic heterocycles. The summed E-state index contributed by atoms with van der Waals surface area (Å²) >= 11 is 0. The Bertz CT molecular complexity index is 1360. The number of piperazine rings is 1. The highest BCUT2D eigenvalue weighted by Gasteiger charge is 2.33. The van der Waals surface area contributed by atoms with Crippen LogP contribution in [-0.4, -0.2) is 66.9 Å². The molecule has 7 nitrogen and oxygen atoms in total. The topological polar surface area (TPSA) is 57.0 Å². The largest absolute Gasteiger partial charge is 0.367 e. The molecular formula is C29H34N6O. The van der Waals surface area contributed by atoms with Crippen molar-refractivity contribution >= 4 is 17.0 Å². The molecule has 0 spiro atoms. The number of amides is 1. The molecule has 1 amide bonds. The van der Waals surface area contributed by atoms with Gasteiger partial charge in [0.1, 0.15) is 0 Å². The Labute approximate surface area is 212 Å². The number of allylic oxidation sites excluding steroid dienone is 6. The van der Waals surface area contributed by atoms with Gasteiger partial charge < -0.3 is 4.90 Å². The third-order valence-corrected chi connectivity index (χ3v) is 7.89. The van der Waals surface area contributed by atoms with Crippen molar-refractivity contribution in [3.63, 3.8) is 0 Å². The van der Waals surface area contributed by atoms with E-state index in [1.54, 1.807) is 11.0 Å². The molecule has 0 bridgehead atoms. The van der Waals surface area contributed by atoms with E-state index in [-0.39, 0.29) is 5.91 Å². The Hall–Kier alpha value is -3.45. The summed E-state index contributed by atoms with van der Waals surface area (Å²) < 4.78 is 1.88. The lowest BCUT2D eigenvalue weighted by molar-refractivity contribution is -0.122. The lowest BCUT2D eigenvalue weighted by Crippen LogP contribution is -2.56. The SMILES string of the molecule is CCc1nc(C)cn2nc(C3=C\C(=O)N4C=C(N5CCN(C6CCC6)[C@H](C)C5)C=C\C4=C/C=C/3)cc12. The van der Waals surface area contributed by atoms with Gasteiger partial charge in [0.2, 0.25) is 0 Å². The van der Waals surface area contributed by atoms with Gasteiger partial charge in [0.05, 0.1) is 34.5 Å². The summed E-state index contributed by atoms with van der Waals surface area (Å²) in [7, 11) is 0. The number of fused-ring (bicyclic) bond motifs is 2. The van der Waals surface area contributed by atoms with E-state index in [4.69, 9.17) is 5.10 Å². The highest BCUT2D eigenvalue weighted by Crippen LogP contribution is 2.30. The van der Waals surface area contributed by atoms with Crippen LogP contribution in [0.15, 0.2) is 66.3 Å². The van der Waals surface area contributed by atoms with Crippen molar-refractivity contribution in [3.8, 4) is 0 Å². The first-order valence-corrected chi connectivity index (χ1v) is 13.2. The molecule has 4 aliphatic rings. The fourth-order valence-electron chi connectivity index (χ4n) is 5.73. The first-order valence-electron chi connectivity index (χ1n) is 13.2. The summed E-state index contributed by atoms with van der Waals surface area (Å²) in [6.45, 7) is 9.48. The monoisotopic (exact) mass is 482 g/mol. The molecule has 2 fully saturated rings. The lowest BCUT2D eigenvalue weighted by atomic mass is 9.89. The van der Waals surface area contributed by atoms with E-state index in [9.17, 15) is 4.79 Å². The predicted molar refractivity (Wildman–Crippen MR) is 142 cm³/mol. The van der Waals surface area contributed by atoms with Gasteiger partial charge in [-0.1, -0.05) is 25.5 Å². The summed E-state index contributed by atoms with van der Waals surface area (Å²) in [6.07, 6.45) is 20.7. The Morgan fingerprint density at radius 3 is 2.69 bits per heavy atom. The van der Waals surface area contributed by atoms with E-state index in [0.717, 1.165) is 71.7 Å². The minimum absolute atomic E-state index is 0.0642. The molecule has 1 aliphatic carbocycles. The van der Waals surface area contributed by atoms with Gasteiger partial charge in [-0.3, -0.25) is 19.6 Å². The van der Waals surface area contributed by atoms with Crippen LogP contribution in [-0.2, 0) is 11.2 Å². The molecule has 2 aromatic rings. The molecule has 6 rings (SSSR count). The maximum atomic E-state index is 13.5. The van der Waals surface area contributed by atoms with Gasteiger partial charge in [0.25, 0.3) is 5.91 Å². The summed E-state index contributed by atoms with van der Waals surface area (Å²) in [5.74, 6) is -0.0642. The second-order valence-corrected chi connectivity index (χ2v) is 10.3. The Morgan fingerprint density at radius 1 is 1.11 bits per heavy atom. The van der Waals surface area contributed by atoms with Crippen molar-refractivity contribution in [3.05, 3.63) is 83.4 Å². The van der Waals surface area contributed by atoms with Crippen LogP contribution in [0.25, 0.3) is 11.1 Å². The maximum Gasteiger partial charge on any atom is 0.255 e. The molecule has 36 heavy (non-hydrogen) atoms. The van der Waals surface area contributed by atoms with E-state index in [1.807, 2.05) is 54.2 Å². The van der Waals surface area contributed by atoms with Gasteiger partial charge in [-0.25, -0.2) is 4.52 Å². The van der Waals surface area contributed by atoms with E-state index in [0.29, 0.717) is 6.04 Å².